The first-order valence-corrected chi connectivity index (χ1v) is 15.6. The average Bonchev–Trinajstić information content (AvgIpc) is 3.47. The van der Waals surface area contributed by atoms with Gasteiger partial charge in [-0.2, -0.15) is 0 Å². The minimum atomic E-state index is -0.530. The number of hydrogen-bond acceptors (Lipinski definition) is 8. The molecule has 11 heteroatoms. The second-order valence-corrected chi connectivity index (χ2v) is 12.2. The first-order valence-electron chi connectivity index (χ1n) is 13.9. The summed E-state index contributed by atoms with van der Waals surface area (Å²) in [5.74, 6) is -0.137. The molecule has 0 aliphatic heterocycles. The van der Waals surface area contributed by atoms with Crippen molar-refractivity contribution in [2.75, 3.05) is 24.9 Å². The molecule has 0 aliphatic rings. The number of anilines is 2. The van der Waals surface area contributed by atoms with Gasteiger partial charge in [-0.05, 0) is 73.2 Å². The molecule has 9 nitrogen and oxygen atoms in total. The van der Waals surface area contributed by atoms with Crippen molar-refractivity contribution >= 4 is 67.9 Å². The summed E-state index contributed by atoms with van der Waals surface area (Å²) in [6, 6.07) is 28.7. The molecule has 45 heavy (non-hydrogen) atoms. The van der Waals surface area contributed by atoms with Gasteiger partial charge in [0.05, 0.1) is 29.7 Å². The molecular weight excluding hydrogens is 609 g/mol. The summed E-state index contributed by atoms with van der Waals surface area (Å²) >= 11 is 2.77. The molecule has 0 fully saturated rings. The van der Waals surface area contributed by atoms with Crippen LogP contribution in [0.5, 0.6) is 11.5 Å². The van der Waals surface area contributed by atoms with E-state index >= 15 is 0 Å². The van der Waals surface area contributed by atoms with Crippen molar-refractivity contribution in [1.29, 1.82) is 0 Å². The molecule has 1 atom stereocenters. The van der Waals surface area contributed by atoms with Gasteiger partial charge in [0.15, 0.2) is 16.6 Å². The van der Waals surface area contributed by atoms with Gasteiger partial charge in [-0.25, -0.2) is 4.98 Å². The molecule has 0 spiro atoms. The van der Waals surface area contributed by atoms with Crippen LogP contribution in [0.25, 0.3) is 16.3 Å². The molecule has 3 amide bonds. The number of hydrogen-bond donors (Lipinski definition) is 3. The van der Waals surface area contributed by atoms with Gasteiger partial charge in [-0.3, -0.25) is 14.4 Å². The minimum Gasteiger partial charge on any atom is -0.493 e. The molecule has 0 aliphatic carbocycles. The summed E-state index contributed by atoms with van der Waals surface area (Å²) in [6.07, 6.45) is 1.56. The van der Waals surface area contributed by atoms with Crippen molar-refractivity contribution in [1.82, 2.24) is 10.3 Å². The van der Waals surface area contributed by atoms with Gasteiger partial charge in [-0.1, -0.05) is 53.8 Å². The SMILES string of the molecule is COc1ccc(/C=C(/NC(=O)c2ccccc2)C(=O)Nc2cccc(SC(C)C(=O)Nc3nc4ccccc4s3)c2)cc1OC. The van der Waals surface area contributed by atoms with Crippen LogP contribution < -0.4 is 25.4 Å². The number of nitrogens with one attached hydrogen (secondary N) is 3. The fourth-order valence-electron chi connectivity index (χ4n) is 4.29. The van der Waals surface area contributed by atoms with E-state index in [1.54, 1.807) is 72.8 Å². The third kappa shape index (κ3) is 8.08. The van der Waals surface area contributed by atoms with Gasteiger partial charge in [-0.15, -0.1) is 11.8 Å². The van der Waals surface area contributed by atoms with Crippen molar-refractivity contribution in [2.24, 2.45) is 0 Å². The number of rotatable bonds is 11. The topological polar surface area (TPSA) is 119 Å². The zero-order chi connectivity index (χ0) is 31.8. The maximum absolute atomic E-state index is 13.6. The van der Waals surface area contributed by atoms with Crippen LogP contribution in [0, 0.1) is 0 Å². The number of thioether (sulfide) groups is 1. The lowest BCUT2D eigenvalue weighted by molar-refractivity contribution is -0.115. The lowest BCUT2D eigenvalue weighted by atomic mass is 10.1. The third-order valence-electron chi connectivity index (χ3n) is 6.55. The molecule has 0 radical (unpaired) electrons. The Labute approximate surface area is 268 Å². The van der Waals surface area contributed by atoms with Crippen LogP contribution in [-0.4, -0.2) is 42.2 Å². The number of carbonyl (C=O) groups is 3. The highest BCUT2D eigenvalue weighted by atomic mass is 32.2. The van der Waals surface area contributed by atoms with Gasteiger partial charge in [0.1, 0.15) is 5.70 Å². The van der Waals surface area contributed by atoms with E-state index < -0.39 is 17.1 Å². The summed E-state index contributed by atoms with van der Waals surface area (Å²) in [6.45, 7) is 1.81. The third-order valence-corrected chi connectivity index (χ3v) is 8.59. The average molecular weight is 639 g/mol. The number of methoxy groups -OCH3 is 2. The molecule has 4 aromatic carbocycles. The van der Waals surface area contributed by atoms with Crippen LogP contribution >= 0.6 is 23.1 Å². The van der Waals surface area contributed by atoms with Crippen LogP contribution in [0.3, 0.4) is 0 Å². The number of aromatic nitrogens is 1. The van der Waals surface area contributed by atoms with E-state index in [1.165, 1.54) is 37.3 Å². The van der Waals surface area contributed by atoms with Crippen LogP contribution in [0.2, 0.25) is 0 Å². The normalized spacial score (nSPS) is 11.8. The number of thiazole rings is 1. The van der Waals surface area contributed by atoms with Crippen molar-refractivity contribution in [3.8, 4) is 11.5 Å². The second-order valence-electron chi connectivity index (χ2n) is 9.71. The van der Waals surface area contributed by atoms with Gasteiger partial charge in [0.2, 0.25) is 5.91 Å². The minimum absolute atomic E-state index is 0.0257. The number of para-hydroxylation sites is 1. The molecule has 228 valence electrons. The second kappa shape index (κ2) is 14.6. The zero-order valence-electron chi connectivity index (χ0n) is 24.7. The lowest BCUT2D eigenvalue weighted by Crippen LogP contribution is -2.30. The van der Waals surface area contributed by atoms with Gasteiger partial charge in [0, 0.05) is 16.1 Å². The Morgan fingerprint density at radius 1 is 0.844 bits per heavy atom. The molecule has 1 unspecified atom stereocenters. The maximum atomic E-state index is 13.6. The van der Waals surface area contributed by atoms with Gasteiger partial charge in [0.25, 0.3) is 11.8 Å². The number of ether oxygens (including phenoxy) is 2. The van der Waals surface area contributed by atoms with Crippen molar-refractivity contribution in [2.45, 2.75) is 17.1 Å². The fraction of sp³-hybridized carbons (Fsp3) is 0.118. The smallest absolute Gasteiger partial charge is 0.272 e. The molecule has 1 aromatic heterocycles. The first kappa shape index (κ1) is 31.3. The number of nitrogens with zero attached hydrogens (tertiary/aromatic N) is 1. The largest absolute Gasteiger partial charge is 0.493 e. The molecule has 1 heterocycles. The predicted molar refractivity (Wildman–Crippen MR) is 180 cm³/mol. The van der Waals surface area contributed by atoms with Crippen LogP contribution in [0.15, 0.2) is 108 Å². The van der Waals surface area contributed by atoms with E-state index in [1.807, 2.05) is 37.3 Å². The Morgan fingerprint density at radius 2 is 1.60 bits per heavy atom. The van der Waals surface area contributed by atoms with E-state index in [0.717, 1.165) is 15.1 Å². The van der Waals surface area contributed by atoms with E-state index in [4.69, 9.17) is 9.47 Å². The summed E-state index contributed by atoms with van der Waals surface area (Å²) in [7, 11) is 3.06. The molecule has 3 N–H and O–H groups in total. The molecule has 0 saturated carbocycles. The first-order chi connectivity index (χ1) is 21.8. The number of carbonyl (C=O) groups excluding carboxylic acids is 3. The van der Waals surface area contributed by atoms with Gasteiger partial charge >= 0.3 is 0 Å². The zero-order valence-corrected chi connectivity index (χ0v) is 26.3. The van der Waals surface area contributed by atoms with E-state index in [2.05, 4.69) is 20.9 Å². The highest BCUT2D eigenvalue weighted by Gasteiger charge is 2.19. The van der Waals surface area contributed by atoms with E-state index in [9.17, 15) is 14.4 Å². The highest BCUT2D eigenvalue weighted by molar-refractivity contribution is 8.00. The number of fused-ring (bicyclic) bond motifs is 1. The van der Waals surface area contributed by atoms with Crippen molar-refractivity contribution in [3.63, 3.8) is 0 Å². The Balaban J connectivity index is 1.31. The van der Waals surface area contributed by atoms with E-state index in [0.29, 0.717) is 33.4 Å². The highest BCUT2D eigenvalue weighted by Crippen LogP contribution is 2.30. The van der Waals surface area contributed by atoms with Crippen LogP contribution in [-0.2, 0) is 9.59 Å². The molecular formula is C34H30N4O5S2. The number of amides is 3. The van der Waals surface area contributed by atoms with Crippen molar-refractivity contribution < 1.29 is 23.9 Å². The Bertz CT molecular complexity index is 1840. The van der Waals surface area contributed by atoms with Crippen LogP contribution in [0.4, 0.5) is 10.8 Å². The number of benzene rings is 4. The molecule has 0 bridgehead atoms. The Kier molecular flexibility index (Phi) is 10.1. The molecule has 0 saturated heterocycles. The quantitative estimate of drug-likeness (QED) is 0.107. The summed E-state index contributed by atoms with van der Waals surface area (Å²) in [5, 5.41) is 8.61. The Morgan fingerprint density at radius 3 is 2.36 bits per heavy atom. The Hall–Kier alpha value is -5.13. The fourth-order valence-corrected chi connectivity index (χ4v) is 6.08. The van der Waals surface area contributed by atoms with Gasteiger partial charge < -0.3 is 25.4 Å². The van der Waals surface area contributed by atoms with Crippen molar-refractivity contribution in [3.05, 3.63) is 114 Å². The van der Waals surface area contributed by atoms with Crippen LogP contribution in [0.1, 0.15) is 22.8 Å². The molecule has 5 aromatic rings. The maximum Gasteiger partial charge on any atom is 0.272 e. The lowest BCUT2D eigenvalue weighted by Gasteiger charge is -2.14. The summed E-state index contributed by atoms with van der Waals surface area (Å²) in [5.41, 5.74) is 2.37. The summed E-state index contributed by atoms with van der Waals surface area (Å²) < 4.78 is 11.7. The monoisotopic (exact) mass is 638 g/mol. The summed E-state index contributed by atoms with van der Waals surface area (Å²) in [4.78, 5) is 44.8. The standard InChI is InChI=1S/C34H30N4O5S2/c1-21(31(39)38-34-37-26-14-7-8-15-30(26)45-34)44-25-13-9-12-24(20-25)35-33(41)27(36-32(40)23-10-5-4-6-11-23)18-22-16-17-28(42-2)29(19-22)43-3/h4-21H,1-3H3,(H,35,41)(H,36,40)(H,37,38,39)/b27-18+. The van der Waals surface area contributed by atoms with E-state index in [-0.39, 0.29) is 11.6 Å². The molecule has 5 rings (SSSR count). The predicted octanol–water partition coefficient (Wildman–Crippen LogP) is 6.84.